The maximum Gasteiger partial charge on any atom is 0.265 e. The number of rotatable bonds is 6. The monoisotopic (exact) mass is 426 g/mol. The van der Waals surface area contributed by atoms with Gasteiger partial charge in [-0.25, -0.2) is 9.97 Å². The molecule has 1 saturated heterocycles. The summed E-state index contributed by atoms with van der Waals surface area (Å²) in [6, 6.07) is 8.20. The Bertz CT molecular complexity index is 1020. The molecule has 0 atom stereocenters. The van der Waals surface area contributed by atoms with Gasteiger partial charge in [0, 0.05) is 18.8 Å². The third-order valence-electron chi connectivity index (χ3n) is 5.40. The van der Waals surface area contributed by atoms with E-state index in [0.717, 1.165) is 52.8 Å². The maximum absolute atomic E-state index is 13.1. The first-order chi connectivity index (χ1) is 14.1. The number of carbonyl (C=O) groups excluding carboxylic acids is 1. The van der Waals surface area contributed by atoms with Crippen molar-refractivity contribution >= 4 is 50.7 Å². The van der Waals surface area contributed by atoms with Gasteiger partial charge in [0.05, 0.1) is 10.3 Å². The fraction of sp³-hybridized carbons (Fsp3) is 0.409. The van der Waals surface area contributed by atoms with Crippen LogP contribution in [0.3, 0.4) is 0 Å². The predicted molar refractivity (Wildman–Crippen MR) is 124 cm³/mol. The highest BCUT2D eigenvalue weighted by molar-refractivity contribution is 7.98. The molecule has 0 bridgehead atoms. The molecule has 1 aliphatic heterocycles. The van der Waals surface area contributed by atoms with Crippen LogP contribution in [0.15, 0.2) is 29.4 Å². The van der Waals surface area contributed by atoms with E-state index in [2.05, 4.69) is 47.2 Å². The number of carbonyl (C=O) groups is 1. The topological polar surface area (TPSA) is 58.1 Å². The Morgan fingerprint density at radius 2 is 1.86 bits per heavy atom. The number of para-hydroxylation sites is 1. The van der Waals surface area contributed by atoms with Crippen LogP contribution in [0.2, 0.25) is 0 Å². The van der Waals surface area contributed by atoms with Gasteiger partial charge in [-0.2, -0.15) is 0 Å². The number of hydrogen-bond acceptors (Lipinski definition) is 6. The number of hydrogen-bond donors (Lipinski definition) is 1. The summed E-state index contributed by atoms with van der Waals surface area (Å²) in [6.07, 6.45) is 6.13. The van der Waals surface area contributed by atoms with Gasteiger partial charge in [-0.3, -0.25) is 4.79 Å². The quantitative estimate of drug-likeness (QED) is 0.423. The van der Waals surface area contributed by atoms with Crippen LogP contribution < -0.4 is 10.2 Å². The molecule has 152 valence electrons. The van der Waals surface area contributed by atoms with Gasteiger partial charge in [0.15, 0.2) is 5.16 Å². The zero-order valence-electron chi connectivity index (χ0n) is 17.1. The number of aryl methyl sites for hydroxylation is 2. The summed E-state index contributed by atoms with van der Waals surface area (Å²) in [5.74, 6) is 0.900. The van der Waals surface area contributed by atoms with Gasteiger partial charge >= 0.3 is 0 Å². The number of anilines is 2. The van der Waals surface area contributed by atoms with E-state index in [1.54, 1.807) is 11.8 Å². The summed E-state index contributed by atoms with van der Waals surface area (Å²) in [5, 5.41) is 4.93. The molecule has 29 heavy (non-hydrogen) atoms. The molecular formula is C22H26N4OS2. The zero-order valence-corrected chi connectivity index (χ0v) is 18.8. The number of thiophene rings is 1. The second-order valence-electron chi connectivity index (χ2n) is 7.17. The van der Waals surface area contributed by atoms with Crippen LogP contribution >= 0.6 is 23.1 Å². The number of nitrogens with zero attached hydrogens (tertiary/aromatic N) is 3. The SMILES string of the molecule is CCc1cccc(CC)c1NC(=O)c1cc2c(N3CCCC3)nc(SC)nc2s1. The summed E-state index contributed by atoms with van der Waals surface area (Å²) in [6.45, 7) is 6.26. The molecule has 0 aliphatic carbocycles. The summed E-state index contributed by atoms with van der Waals surface area (Å²) in [4.78, 5) is 26.5. The average Bonchev–Trinajstić information content (AvgIpc) is 3.43. The number of benzene rings is 1. The molecule has 5 nitrogen and oxygen atoms in total. The predicted octanol–water partition coefficient (Wildman–Crippen LogP) is 5.39. The fourth-order valence-electron chi connectivity index (χ4n) is 3.84. The smallest absolute Gasteiger partial charge is 0.265 e. The van der Waals surface area contributed by atoms with Gasteiger partial charge in [0.25, 0.3) is 5.91 Å². The van der Waals surface area contributed by atoms with Crippen molar-refractivity contribution in [3.8, 4) is 0 Å². The molecule has 0 unspecified atom stereocenters. The van der Waals surface area contributed by atoms with E-state index in [1.807, 2.05) is 12.3 Å². The zero-order chi connectivity index (χ0) is 20.4. The Morgan fingerprint density at radius 3 is 2.48 bits per heavy atom. The van der Waals surface area contributed by atoms with Crippen LogP contribution in [-0.2, 0) is 12.8 Å². The van der Waals surface area contributed by atoms with E-state index in [9.17, 15) is 4.79 Å². The lowest BCUT2D eigenvalue weighted by molar-refractivity contribution is 0.103. The number of aromatic nitrogens is 2. The third kappa shape index (κ3) is 3.98. The van der Waals surface area contributed by atoms with E-state index < -0.39 is 0 Å². The van der Waals surface area contributed by atoms with Crippen LogP contribution in [0.5, 0.6) is 0 Å². The molecule has 1 fully saturated rings. The van der Waals surface area contributed by atoms with Gasteiger partial charge in [-0.15, -0.1) is 11.3 Å². The van der Waals surface area contributed by atoms with E-state index in [4.69, 9.17) is 4.98 Å². The Balaban J connectivity index is 1.71. The van der Waals surface area contributed by atoms with Crippen molar-refractivity contribution in [1.82, 2.24) is 9.97 Å². The van der Waals surface area contributed by atoms with Gasteiger partial charge in [0.1, 0.15) is 10.6 Å². The lowest BCUT2D eigenvalue weighted by atomic mass is 10.0. The van der Waals surface area contributed by atoms with Gasteiger partial charge in [-0.05, 0) is 49.1 Å². The molecule has 3 heterocycles. The van der Waals surface area contributed by atoms with Crippen molar-refractivity contribution in [3.63, 3.8) is 0 Å². The van der Waals surface area contributed by atoms with E-state index in [0.29, 0.717) is 4.88 Å². The molecule has 3 aromatic rings. The molecule has 7 heteroatoms. The molecule has 1 aliphatic rings. The number of nitrogens with one attached hydrogen (secondary N) is 1. The first-order valence-electron chi connectivity index (χ1n) is 10.2. The molecule has 0 radical (unpaired) electrons. The van der Waals surface area contributed by atoms with Gasteiger partial charge in [0.2, 0.25) is 0 Å². The normalized spacial score (nSPS) is 14.0. The minimum absolute atomic E-state index is 0.0679. The molecule has 0 spiro atoms. The molecule has 1 aromatic carbocycles. The second-order valence-corrected chi connectivity index (χ2v) is 8.97. The molecule has 1 N–H and O–H groups in total. The van der Waals surface area contributed by atoms with E-state index >= 15 is 0 Å². The Labute approximate surface area is 179 Å². The van der Waals surface area contributed by atoms with Crippen molar-refractivity contribution in [1.29, 1.82) is 0 Å². The molecule has 2 aromatic heterocycles. The summed E-state index contributed by atoms with van der Waals surface area (Å²) < 4.78 is 0. The van der Waals surface area contributed by atoms with Gasteiger partial charge in [-0.1, -0.05) is 43.8 Å². The number of amides is 1. The average molecular weight is 427 g/mol. The third-order valence-corrected chi connectivity index (χ3v) is 6.98. The Kier molecular flexibility index (Phi) is 6.06. The minimum atomic E-state index is -0.0679. The number of fused-ring (bicyclic) bond motifs is 1. The van der Waals surface area contributed by atoms with Crippen molar-refractivity contribution in [2.24, 2.45) is 0 Å². The van der Waals surface area contributed by atoms with Crippen molar-refractivity contribution in [2.45, 2.75) is 44.7 Å². The minimum Gasteiger partial charge on any atom is -0.356 e. The van der Waals surface area contributed by atoms with Crippen LogP contribution in [-0.4, -0.2) is 35.2 Å². The lowest BCUT2D eigenvalue weighted by Gasteiger charge is -2.17. The maximum atomic E-state index is 13.1. The molecule has 1 amide bonds. The van der Waals surface area contributed by atoms with Crippen LogP contribution in [0.4, 0.5) is 11.5 Å². The van der Waals surface area contributed by atoms with Crippen LogP contribution in [0, 0.1) is 0 Å². The van der Waals surface area contributed by atoms with Gasteiger partial charge < -0.3 is 10.2 Å². The molecule has 4 rings (SSSR count). The highest BCUT2D eigenvalue weighted by atomic mass is 32.2. The number of thioether (sulfide) groups is 1. The van der Waals surface area contributed by atoms with Crippen molar-refractivity contribution in [3.05, 3.63) is 40.3 Å². The summed E-state index contributed by atoms with van der Waals surface area (Å²) in [7, 11) is 0. The first-order valence-corrected chi connectivity index (χ1v) is 12.2. The highest BCUT2D eigenvalue weighted by Gasteiger charge is 2.22. The highest BCUT2D eigenvalue weighted by Crippen LogP contribution is 2.35. The first kappa shape index (κ1) is 20.2. The fourth-order valence-corrected chi connectivity index (χ4v) is 5.18. The molecule has 0 saturated carbocycles. The van der Waals surface area contributed by atoms with E-state index in [-0.39, 0.29) is 5.91 Å². The standard InChI is InChI=1S/C22H26N4OS2/c1-4-14-9-8-10-15(5-2)18(14)23-20(27)17-13-16-19(26-11-6-7-12-26)24-22(28-3)25-21(16)29-17/h8-10,13H,4-7,11-12H2,1-3H3,(H,23,27). The summed E-state index contributed by atoms with van der Waals surface area (Å²) in [5.41, 5.74) is 3.29. The lowest BCUT2D eigenvalue weighted by Crippen LogP contribution is -2.19. The van der Waals surface area contributed by atoms with Crippen LogP contribution in [0.1, 0.15) is 47.5 Å². The Hall–Kier alpha value is -2.12. The van der Waals surface area contributed by atoms with Crippen molar-refractivity contribution < 1.29 is 4.79 Å². The largest absolute Gasteiger partial charge is 0.356 e. The molecular weight excluding hydrogens is 400 g/mol. The second kappa shape index (κ2) is 8.71. The Morgan fingerprint density at radius 1 is 1.17 bits per heavy atom. The van der Waals surface area contributed by atoms with Crippen LogP contribution in [0.25, 0.3) is 10.2 Å². The summed E-state index contributed by atoms with van der Waals surface area (Å²) >= 11 is 2.99. The van der Waals surface area contributed by atoms with Crippen molar-refractivity contribution in [2.75, 3.05) is 29.6 Å². The van der Waals surface area contributed by atoms with E-state index in [1.165, 1.54) is 35.3 Å².